The Hall–Kier alpha value is -0.0800. The molecule has 1 saturated carbocycles. The number of hydrogen-bond acceptors (Lipinski definition) is 2. The number of nitrogens with zero attached hydrogens (tertiary/aromatic N) is 1. The van der Waals surface area contributed by atoms with Crippen LogP contribution in [0, 0.1) is 11.8 Å². The molecule has 106 valence electrons. The van der Waals surface area contributed by atoms with Crippen LogP contribution >= 0.6 is 0 Å². The molecule has 2 heteroatoms. The van der Waals surface area contributed by atoms with Gasteiger partial charge in [0.05, 0.1) is 0 Å². The summed E-state index contributed by atoms with van der Waals surface area (Å²) in [7, 11) is 0. The van der Waals surface area contributed by atoms with Crippen molar-refractivity contribution in [3.8, 4) is 0 Å². The first-order valence-electron chi connectivity index (χ1n) is 8.08. The first kappa shape index (κ1) is 14.3. The van der Waals surface area contributed by atoms with E-state index in [2.05, 4.69) is 37.9 Å². The van der Waals surface area contributed by atoms with Gasteiger partial charge in [0, 0.05) is 24.7 Å². The minimum Gasteiger partial charge on any atom is -0.313 e. The average molecular weight is 252 g/mol. The van der Waals surface area contributed by atoms with Gasteiger partial charge in [-0.25, -0.2) is 0 Å². The molecule has 0 spiro atoms. The van der Waals surface area contributed by atoms with Gasteiger partial charge in [0.2, 0.25) is 0 Å². The fourth-order valence-corrected chi connectivity index (χ4v) is 3.95. The molecule has 1 saturated heterocycles. The Labute approximate surface area is 114 Å². The van der Waals surface area contributed by atoms with E-state index in [1.54, 1.807) is 0 Å². The summed E-state index contributed by atoms with van der Waals surface area (Å²) in [5.41, 5.74) is 0. The van der Waals surface area contributed by atoms with E-state index >= 15 is 0 Å². The monoisotopic (exact) mass is 252 g/mol. The molecule has 0 aromatic rings. The molecule has 0 aromatic heterocycles. The van der Waals surface area contributed by atoms with Crippen LogP contribution in [-0.2, 0) is 0 Å². The van der Waals surface area contributed by atoms with Gasteiger partial charge in [0.15, 0.2) is 0 Å². The van der Waals surface area contributed by atoms with Crippen LogP contribution in [0.1, 0.15) is 59.8 Å². The predicted octanol–water partition coefficient (Wildman–Crippen LogP) is 3.27. The maximum atomic E-state index is 3.66. The van der Waals surface area contributed by atoms with Gasteiger partial charge < -0.3 is 5.32 Å². The SMILES string of the molecule is CC(C)NCC(C(C)C)N1CCC2CCCCC21. The first-order chi connectivity index (χ1) is 8.59. The van der Waals surface area contributed by atoms with Crippen LogP contribution in [0.25, 0.3) is 0 Å². The summed E-state index contributed by atoms with van der Waals surface area (Å²) in [6.07, 6.45) is 7.33. The first-order valence-corrected chi connectivity index (χ1v) is 8.08. The molecule has 1 N–H and O–H groups in total. The summed E-state index contributed by atoms with van der Waals surface area (Å²) < 4.78 is 0. The summed E-state index contributed by atoms with van der Waals surface area (Å²) in [5, 5.41) is 3.66. The summed E-state index contributed by atoms with van der Waals surface area (Å²) in [6.45, 7) is 11.8. The van der Waals surface area contributed by atoms with Crippen molar-refractivity contribution in [1.82, 2.24) is 10.2 Å². The lowest BCUT2D eigenvalue weighted by atomic mass is 9.84. The van der Waals surface area contributed by atoms with Crippen molar-refractivity contribution in [3.05, 3.63) is 0 Å². The zero-order valence-electron chi connectivity index (χ0n) is 12.8. The van der Waals surface area contributed by atoms with Crippen molar-refractivity contribution in [2.45, 2.75) is 77.9 Å². The van der Waals surface area contributed by atoms with Crippen molar-refractivity contribution < 1.29 is 0 Å². The second-order valence-electron chi connectivity index (χ2n) is 7.01. The van der Waals surface area contributed by atoms with Crippen molar-refractivity contribution in [3.63, 3.8) is 0 Å². The second kappa shape index (κ2) is 6.38. The van der Waals surface area contributed by atoms with Gasteiger partial charge >= 0.3 is 0 Å². The maximum Gasteiger partial charge on any atom is 0.0246 e. The van der Waals surface area contributed by atoms with Crippen molar-refractivity contribution in [2.24, 2.45) is 11.8 Å². The van der Waals surface area contributed by atoms with E-state index in [9.17, 15) is 0 Å². The normalized spacial score (nSPS) is 31.0. The lowest BCUT2D eigenvalue weighted by Crippen LogP contribution is -2.50. The number of nitrogens with one attached hydrogen (secondary N) is 1. The third-order valence-corrected chi connectivity index (χ3v) is 4.98. The van der Waals surface area contributed by atoms with Gasteiger partial charge in [-0.05, 0) is 37.6 Å². The predicted molar refractivity (Wildman–Crippen MR) is 78.8 cm³/mol. The number of hydrogen-bond donors (Lipinski definition) is 1. The summed E-state index contributed by atoms with van der Waals surface area (Å²) in [5.74, 6) is 1.77. The Balaban J connectivity index is 1.97. The quantitative estimate of drug-likeness (QED) is 0.808. The Morgan fingerprint density at radius 3 is 2.44 bits per heavy atom. The van der Waals surface area contributed by atoms with E-state index in [-0.39, 0.29) is 0 Å². The molecular formula is C16H32N2. The van der Waals surface area contributed by atoms with Crippen LogP contribution in [0.3, 0.4) is 0 Å². The van der Waals surface area contributed by atoms with Crippen LogP contribution in [0.15, 0.2) is 0 Å². The summed E-state index contributed by atoms with van der Waals surface area (Å²) in [6, 6.07) is 2.25. The third-order valence-electron chi connectivity index (χ3n) is 4.98. The van der Waals surface area contributed by atoms with Crippen LogP contribution in [0.4, 0.5) is 0 Å². The molecule has 1 aliphatic heterocycles. The fourth-order valence-electron chi connectivity index (χ4n) is 3.95. The second-order valence-corrected chi connectivity index (χ2v) is 7.01. The number of fused-ring (bicyclic) bond motifs is 1. The average Bonchev–Trinajstić information content (AvgIpc) is 2.73. The largest absolute Gasteiger partial charge is 0.313 e. The van der Waals surface area contributed by atoms with Gasteiger partial charge in [-0.1, -0.05) is 40.5 Å². The smallest absolute Gasteiger partial charge is 0.0246 e. The van der Waals surface area contributed by atoms with Crippen LogP contribution in [0.2, 0.25) is 0 Å². The third kappa shape index (κ3) is 3.27. The molecule has 2 fully saturated rings. The van der Waals surface area contributed by atoms with Crippen molar-refractivity contribution in [1.29, 1.82) is 0 Å². The Morgan fingerprint density at radius 2 is 1.78 bits per heavy atom. The molecule has 2 aliphatic rings. The Morgan fingerprint density at radius 1 is 1.06 bits per heavy atom. The fraction of sp³-hybridized carbons (Fsp3) is 1.00. The Bertz CT molecular complexity index is 249. The highest BCUT2D eigenvalue weighted by atomic mass is 15.2. The van der Waals surface area contributed by atoms with Gasteiger partial charge in [-0.3, -0.25) is 4.90 Å². The van der Waals surface area contributed by atoms with E-state index in [0.717, 1.165) is 23.9 Å². The van der Waals surface area contributed by atoms with Crippen LogP contribution < -0.4 is 5.32 Å². The highest BCUT2D eigenvalue weighted by molar-refractivity contribution is 4.94. The molecule has 0 radical (unpaired) electrons. The molecule has 0 bridgehead atoms. The highest BCUT2D eigenvalue weighted by Crippen LogP contribution is 2.38. The minimum atomic E-state index is 0.607. The van der Waals surface area contributed by atoms with Crippen LogP contribution in [-0.4, -0.2) is 36.1 Å². The zero-order valence-corrected chi connectivity index (χ0v) is 12.8. The lowest BCUT2D eigenvalue weighted by molar-refractivity contribution is 0.101. The zero-order chi connectivity index (χ0) is 13.1. The van der Waals surface area contributed by atoms with E-state index in [0.29, 0.717) is 6.04 Å². The molecule has 0 aromatic carbocycles. The molecule has 1 heterocycles. The van der Waals surface area contributed by atoms with Gasteiger partial charge in [0.25, 0.3) is 0 Å². The molecule has 18 heavy (non-hydrogen) atoms. The molecule has 1 aliphatic carbocycles. The van der Waals surface area contributed by atoms with Crippen molar-refractivity contribution in [2.75, 3.05) is 13.1 Å². The minimum absolute atomic E-state index is 0.607. The maximum absolute atomic E-state index is 3.66. The molecule has 3 unspecified atom stereocenters. The van der Waals surface area contributed by atoms with Crippen molar-refractivity contribution >= 4 is 0 Å². The topological polar surface area (TPSA) is 15.3 Å². The van der Waals surface area contributed by atoms with E-state index in [1.165, 1.54) is 45.2 Å². The lowest BCUT2D eigenvalue weighted by Gasteiger charge is -2.39. The molecule has 2 rings (SSSR count). The summed E-state index contributed by atoms with van der Waals surface area (Å²) in [4.78, 5) is 2.85. The molecule has 3 atom stereocenters. The molecule has 0 amide bonds. The van der Waals surface area contributed by atoms with E-state index in [4.69, 9.17) is 0 Å². The molecular weight excluding hydrogens is 220 g/mol. The standard InChI is InChI=1S/C16H32N2/c1-12(2)16(11-17-13(3)4)18-10-9-14-7-5-6-8-15(14)18/h12-17H,5-11H2,1-4H3. The van der Waals surface area contributed by atoms with Gasteiger partial charge in [-0.15, -0.1) is 0 Å². The van der Waals surface area contributed by atoms with Gasteiger partial charge in [-0.2, -0.15) is 0 Å². The number of rotatable bonds is 5. The van der Waals surface area contributed by atoms with Crippen LogP contribution in [0.5, 0.6) is 0 Å². The van der Waals surface area contributed by atoms with E-state index in [1.807, 2.05) is 0 Å². The highest BCUT2D eigenvalue weighted by Gasteiger charge is 2.39. The number of likely N-dealkylation sites (tertiary alicyclic amines) is 1. The van der Waals surface area contributed by atoms with Gasteiger partial charge in [0.1, 0.15) is 0 Å². The Kier molecular flexibility index (Phi) is 5.08. The van der Waals surface area contributed by atoms with E-state index < -0.39 is 0 Å². The molecule has 2 nitrogen and oxygen atoms in total. The summed E-state index contributed by atoms with van der Waals surface area (Å²) >= 11 is 0.